The van der Waals surface area contributed by atoms with E-state index in [1.807, 2.05) is 23.1 Å². The van der Waals surface area contributed by atoms with E-state index in [0.717, 1.165) is 18.1 Å². The van der Waals surface area contributed by atoms with Crippen molar-refractivity contribution in [1.82, 2.24) is 5.32 Å². The zero-order valence-corrected chi connectivity index (χ0v) is 11.5. The molecule has 0 spiro atoms. The second-order valence-corrected chi connectivity index (χ2v) is 6.74. The Bertz CT molecular complexity index is 355. The summed E-state index contributed by atoms with van der Waals surface area (Å²) in [5.74, 6) is 1.18. The van der Waals surface area contributed by atoms with Gasteiger partial charge in [0.2, 0.25) is 0 Å². The highest BCUT2D eigenvalue weighted by molar-refractivity contribution is 8.13. The maximum absolute atomic E-state index is 4.63. The highest BCUT2D eigenvalue weighted by atomic mass is 32.2. The molecule has 1 N–H and O–H groups in total. The number of amidine groups is 1. The predicted octanol–water partition coefficient (Wildman–Crippen LogP) is 3.15. The Hall–Kier alpha value is -0.480. The molecule has 0 aromatic carbocycles. The van der Waals surface area contributed by atoms with E-state index in [1.54, 1.807) is 0 Å². The fourth-order valence-corrected chi connectivity index (χ4v) is 3.63. The minimum absolute atomic E-state index is 0.215. The van der Waals surface area contributed by atoms with Crippen molar-refractivity contribution in [2.75, 3.05) is 12.3 Å². The Morgan fingerprint density at radius 2 is 2.38 bits per heavy atom. The van der Waals surface area contributed by atoms with Crippen molar-refractivity contribution < 1.29 is 0 Å². The number of rotatable bonds is 3. The second kappa shape index (κ2) is 5.23. The van der Waals surface area contributed by atoms with Crippen LogP contribution >= 0.6 is 23.1 Å². The van der Waals surface area contributed by atoms with E-state index in [2.05, 4.69) is 41.7 Å². The van der Waals surface area contributed by atoms with Gasteiger partial charge in [0.05, 0.1) is 0 Å². The Kier molecular flexibility index (Phi) is 3.92. The van der Waals surface area contributed by atoms with Crippen LogP contribution in [0.1, 0.15) is 25.1 Å². The Labute approximate surface area is 106 Å². The molecule has 0 radical (unpaired) electrons. The summed E-state index contributed by atoms with van der Waals surface area (Å²) in [4.78, 5) is 6.05. The number of thioether (sulfide) groups is 1. The summed E-state index contributed by atoms with van der Waals surface area (Å²) in [5, 5.41) is 6.73. The molecule has 0 amide bonds. The summed E-state index contributed by atoms with van der Waals surface area (Å²) >= 11 is 3.66. The van der Waals surface area contributed by atoms with Gasteiger partial charge in [0, 0.05) is 29.1 Å². The van der Waals surface area contributed by atoms with Crippen LogP contribution in [0.5, 0.6) is 0 Å². The molecule has 1 aromatic rings. The van der Waals surface area contributed by atoms with Gasteiger partial charge in [0.1, 0.15) is 0 Å². The molecule has 4 heteroatoms. The first kappa shape index (κ1) is 12.0. The molecule has 88 valence electrons. The van der Waals surface area contributed by atoms with E-state index in [-0.39, 0.29) is 5.54 Å². The van der Waals surface area contributed by atoms with Crippen molar-refractivity contribution in [1.29, 1.82) is 0 Å². The van der Waals surface area contributed by atoms with Gasteiger partial charge >= 0.3 is 0 Å². The van der Waals surface area contributed by atoms with Gasteiger partial charge in [0.15, 0.2) is 5.17 Å². The molecule has 2 heterocycles. The molecule has 0 unspecified atom stereocenters. The van der Waals surface area contributed by atoms with E-state index < -0.39 is 0 Å². The number of nitrogens with zero attached hydrogens (tertiary/aromatic N) is 1. The van der Waals surface area contributed by atoms with E-state index in [4.69, 9.17) is 0 Å². The average molecular weight is 254 g/mol. The molecule has 1 aliphatic heterocycles. The van der Waals surface area contributed by atoms with Crippen LogP contribution < -0.4 is 5.32 Å². The Morgan fingerprint density at radius 1 is 1.50 bits per heavy atom. The lowest BCUT2D eigenvalue weighted by molar-refractivity contribution is 0.446. The minimum atomic E-state index is 0.215. The lowest BCUT2D eigenvalue weighted by Crippen LogP contribution is -2.46. The third-order valence-corrected chi connectivity index (χ3v) is 4.45. The number of thiophene rings is 1. The monoisotopic (exact) mass is 254 g/mol. The first-order chi connectivity index (χ1) is 7.66. The summed E-state index contributed by atoms with van der Waals surface area (Å²) in [6.45, 7) is 5.37. The molecule has 1 aromatic heterocycles. The third-order valence-electron chi connectivity index (χ3n) is 2.60. The number of aliphatic imine (C=N–C) groups is 1. The molecule has 1 fully saturated rings. The van der Waals surface area contributed by atoms with Gasteiger partial charge in [-0.3, -0.25) is 4.99 Å². The maximum atomic E-state index is 4.63. The molecule has 0 atom stereocenters. The molecule has 0 aliphatic carbocycles. The number of nitrogens with one attached hydrogen (secondary N) is 1. The van der Waals surface area contributed by atoms with E-state index in [9.17, 15) is 0 Å². The van der Waals surface area contributed by atoms with Crippen LogP contribution in [0.2, 0.25) is 0 Å². The van der Waals surface area contributed by atoms with Crippen LogP contribution in [0.25, 0.3) is 0 Å². The summed E-state index contributed by atoms with van der Waals surface area (Å²) in [6, 6.07) is 4.28. The van der Waals surface area contributed by atoms with Crippen molar-refractivity contribution in [2.45, 2.75) is 32.2 Å². The minimum Gasteiger partial charge on any atom is -0.360 e. The summed E-state index contributed by atoms with van der Waals surface area (Å²) < 4.78 is 0. The molecule has 2 nitrogen and oxygen atoms in total. The molecular weight excluding hydrogens is 236 g/mol. The second-order valence-electron chi connectivity index (χ2n) is 4.62. The van der Waals surface area contributed by atoms with Crippen molar-refractivity contribution in [3.63, 3.8) is 0 Å². The Morgan fingerprint density at radius 3 is 3.06 bits per heavy atom. The van der Waals surface area contributed by atoms with Crippen molar-refractivity contribution in [3.05, 3.63) is 22.4 Å². The molecule has 1 aliphatic rings. The van der Waals surface area contributed by atoms with Crippen LogP contribution in [0.3, 0.4) is 0 Å². The highest BCUT2D eigenvalue weighted by Crippen LogP contribution is 2.21. The first-order valence-corrected chi connectivity index (χ1v) is 7.50. The fraction of sp³-hybridized carbons (Fsp3) is 0.583. The van der Waals surface area contributed by atoms with Crippen LogP contribution in [-0.2, 0) is 6.42 Å². The smallest absolute Gasteiger partial charge is 0.156 e. The summed E-state index contributed by atoms with van der Waals surface area (Å²) in [7, 11) is 0. The van der Waals surface area contributed by atoms with Crippen molar-refractivity contribution in [3.8, 4) is 0 Å². The fourth-order valence-electron chi connectivity index (χ4n) is 1.60. The normalized spacial score (nSPS) is 22.0. The van der Waals surface area contributed by atoms with Crippen molar-refractivity contribution >= 4 is 28.3 Å². The van der Waals surface area contributed by atoms with Gasteiger partial charge in [-0.05, 0) is 31.7 Å². The molecule has 2 rings (SSSR count). The van der Waals surface area contributed by atoms with Gasteiger partial charge in [-0.1, -0.05) is 17.8 Å². The zero-order valence-electron chi connectivity index (χ0n) is 9.82. The zero-order chi connectivity index (χ0) is 11.4. The number of hydrogen-bond acceptors (Lipinski definition) is 3. The quantitative estimate of drug-likeness (QED) is 0.896. The van der Waals surface area contributed by atoms with Crippen LogP contribution in [0.15, 0.2) is 22.5 Å². The Balaban J connectivity index is 1.83. The van der Waals surface area contributed by atoms with Crippen LogP contribution in [0, 0.1) is 0 Å². The molecule has 0 bridgehead atoms. The van der Waals surface area contributed by atoms with E-state index >= 15 is 0 Å². The van der Waals surface area contributed by atoms with E-state index in [1.165, 1.54) is 17.1 Å². The standard InChI is InChI=1S/C12H18N2S2/c1-12(2)6-9-16-11(14-12)13-7-5-10-4-3-8-15-10/h3-4,8H,5-7,9H2,1-2H3,(H,13,14). The molecular formula is C12H18N2S2. The molecule has 0 saturated carbocycles. The molecule has 1 saturated heterocycles. The lowest BCUT2D eigenvalue weighted by atomic mass is 10.0. The number of hydrogen-bond donors (Lipinski definition) is 1. The van der Waals surface area contributed by atoms with Crippen molar-refractivity contribution in [2.24, 2.45) is 4.99 Å². The SMILES string of the molecule is CC1(C)CCSC(=NCCc2cccs2)N1. The summed E-state index contributed by atoms with van der Waals surface area (Å²) in [6.07, 6.45) is 2.27. The van der Waals surface area contributed by atoms with E-state index in [0.29, 0.717) is 0 Å². The molecule has 16 heavy (non-hydrogen) atoms. The largest absolute Gasteiger partial charge is 0.360 e. The van der Waals surface area contributed by atoms with Gasteiger partial charge in [-0.2, -0.15) is 0 Å². The van der Waals surface area contributed by atoms with Gasteiger partial charge in [0.25, 0.3) is 0 Å². The van der Waals surface area contributed by atoms with Crippen LogP contribution in [-0.4, -0.2) is 23.0 Å². The van der Waals surface area contributed by atoms with Gasteiger partial charge in [-0.15, -0.1) is 11.3 Å². The predicted molar refractivity (Wildman–Crippen MR) is 74.6 cm³/mol. The van der Waals surface area contributed by atoms with Gasteiger partial charge in [-0.25, -0.2) is 0 Å². The van der Waals surface area contributed by atoms with Crippen LogP contribution in [0.4, 0.5) is 0 Å². The lowest BCUT2D eigenvalue weighted by Gasteiger charge is -2.32. The van der Waals surface area contributed by atoms with Gasteiger partial charge < -0.3 is 5.32 Å². The topological polar surface area (TPSA) is 24.4 Å². The summed E-state index contributed by atoms with van der Waals surface area (Å²) in [5.41, 5.74) is 0.215. The first-order valence-electron chi connectivity index (χ1n) is 5.63. The maximum Gasteiger partial charge on any atom is 0.156 e. The third kappa shape index (κ3) is 3.52. The average Bonchev–Trinajstić information content (AvgIpc) is 2.69. The highest BCUT2D eigenvalue weighted by Gasteiger charge is 2.23.